The Morgan fingerprint density at radius 2 is 2.19 bits per heavy atom. The van der Waals surface area contributed by atoms with Gasteiger partial charge in [0.25, 0.3) is 0 Å². The predicted molar refractivity (Wildman–Crippen MR) is 67.9 cm³/mol. The van der Waals surface area contributed by atoms with Crippen LogP contribution in [0.1, 0.15) is 18.1 Å². The van der Waals surface area contributed by atoms with E-state index in [-0.39, 0.29) is 11.2 Å². The summed E-state index contributed by atoms with van der Waals surface area (Å²) in [6, 6.07) is 8.25. The van der Waals surface area contributed by atoms with Crippen molar-refractivity contribution in [1.29, 1.82) is 0 Å². The van der Waals surface area contributed by atoms with Crippen LogP contribution in [0.15, 0.2) is 29.3 Å². The number of aliphatic imine (C=N–C) groups is 1. The van der Waals surface area contributed by atoms with Gasteiger partial charge < -0.3 is 5.11 Å². The van der Waals surface area contributed by atoms with Crippen LogP contribution in [0.2, 0.25) is 0 Å². The molecule has 1 aliphatic carbocycles. The fourth-order valence-corrected chi connectivity index (χ4v) is 4.50. The molecule has 0 amide bonds. The van der Waals surface area contributed by atoms with E-state index in [4.69, 9.17) is 0 Å². The first kappa shape index (κ1) is 10.4. The highest BCUT2D eigenvalue weighted by Gasteiger charge is 2.56. The summed E-state index contributed by atoms with van der Waals surface area (Å²) in [4.78, 5) is 4.29. The van der Waals surface area contributed by atoms with Crippen molar-refractivity contribution < 1.29 is 5.11 Å². The van der Waals surface area contributed by atoms with Crippen molar-refractivity contribution >= 4 is 16.8 Å². The Labute approximate surface area is 99.8 Å². The average Bonchev–Trinajstić information content (AvgIpc) is 2.72. The van der Waals surface area contributed by atoms with Crippen LogP contribution >= 0.6 is 11.8 Å². The first-order chi connectivity index (χ1) is 7.67. The summed E-state index contributed by atoms with van der Waals surface area (Å²) in [5, 5.41) is 12.3. The molecule has 0 aromatic heterocycles. The van der Waals surface area contributed by atoms with Gasteiger partial charge in [-0.3, -0.25) is 4.99 Å². The van der Waals surface area contributed by atoms with E-state index in [9.17, 15) is 5.11 Å². The molecule has 2 aliphatic rings. The molecule has 0 radical (unpaired) electrons. The van der Waals surface area contributed by atoms with Gasteiger partial charge >= 0.3 is 0 Å². The monoisotopic (exact) mass is 233 g/mol. The summed E-state index contributed by atoms with van der Waals surface area (Å²) in [7, 11) is 1.81. The third-order valence-corrected chi connectivity index (χ3v) is 5.45. The van der Waals surface area contributed by atoms with Crippen LogP contribution in [-0.4, -0.2) is 22.4 Å². The van der Waals surface area contributed by atoms with Crippen molar-refractivity contribution in [3.63, 3.8) is 0 Å². The van der Waals surface area contributed by atoms with Crippen LogP contribution in [0, 0.1) is 5.92 Å². The lowest BCUT2D eigenvalue weighted by Gasteiger charge is -2.27. The van der Waals surface area contributed by atoms with E-state index in [1.54, 1.807) is 11.8 Å². The molecule has 1 aromatic rings. The summed E-state index contributed by atoms with van der Waals surface area (Å²) < 4.78 is 0. The first-order valence-corrected chi connectivity index (χ1v) is 6.50. The van der Waals surface area contributed by atoms with Crippen LogP contribution in [0.4, 0.5) is 0 Å². The van der Waals surface area contributed by atoms with Crippen molar-refractivity contribution in [2.75, 3.05) is 7.05 Å². The zero-order chi connectivity index (χ0) is 11.3. The predicted octanol–water partition coefficient (Wildman–Crippen LogP) is 2.21. The second-order valence-electron chi connectivity index (χ2n) is 4.58. The summed E-state index contributed by atoms with van der Waals surface area (Å²) in [6.45, 7) is 2.08. The molecule has 1 aromatic carbocycles. The average molecular weight is 233 g/mol. The van der Waals surface area contributed by atoms with Crippen LogP contribution in [0.25, 0.3) is 0 Å². The first-order valence-electron chi connectivity index (χ1n) is 5.62. The molecule has 1 aliphatic heterocycles. The van der Waals surface area contributed by atoms with E-state index in [0.717, 1.165) is 17.0 Å². The lowest BCUT2D eigenvalue weighted by molar-refractivity contribution is 0.0213. The zero-order valence-electron chi connectivity index (χ0n) is 9.47. The second kappa shape index (κ2) is 3.34. The van der Waals surface area contributed by atoms with Gasteiger partial charge in [0.15, 0.2) is 0 Å². The van der Waals surface area contributed by atoms with Crippen molar-refractivity contribution in [3.8, 4) is 0 Å². The molecular weight excluding hydrogens is 218 g/mol. The maximum atomic E-state index is 11.0. The molecule has 0 spiro atoms. The van der Waals surface area contributed by atoms with E-state index in [0.29, 0.717) is 0 Å². The fourth-order valence-electron chi connectivity index (χ4n) is 2.94. The van der Waals surface area contributed by atoms with Crippen LogP contribution in [-0.2, 0) is 12.0 Å². The van der Waals surface area contributed by atoms with Crippen LogP contribution in [0.5, 0.6) is 0 Å². The van der Waals surface area contributed by atoms with Crippen LogP contribution < -0.4 is 0 Å². The highest BCUT2D eigenvalue weighted by Crippen LogP contribution is 2.54. The number of rotatable bonds is 0. The van der Waals surface area contributed by atoms with Crippen molar-refractivity contribution in [2.45, 2.75) is 24.2 Å². The lowest BCUT2D eigenvalue weighted by atomic mass is 9.84. The number of nitrogens with zero attached hydrogens (tertiary/aromatic N) is 1. The quantitative estimate of drug-likeness (QED) is 0.745. The Kier molecular flexibility index (Phi) is 2.17. The van der Waals surface area contributed by atoms with Gasteiger partial charge in [-0.05, 0) is 17.5 Å². The van der Waals surface area contributed by atoms with Crippen LogP contribution in [0.3, 0.4) is 0 Å². The smallest absolute Gasteiger partial charge is 0.111 e. The van der Waals surface area contributed by atoms with Crippen molar-refractivity contribution in [3.05, 3.63) is 35.4 Å². The Hall–Kier alpha value is -0.800. The maximum Gasteiger partial charge on any atom is 0.111 e. The second-order valence-corrected chi connectivity index (χ2v) is 5.80. The molecule has 2 nitrogen and oxygen atoms in total. The molecule has 3 heteroatoms. The highest BCUT2D eigenvalue weighted by molar-refractivity contribution is 8.15. The molecule has 84 valence electrons. The lowest BCUT2D eigenvalue weighted by Crippen LogP contribution is -2.36. The third-order valence-electron chi connectivity index (χ3n) is 3.86. The van der Waals surface area contributed by atoms with Gasteiger partial charge in [-0.15, -0.1) is 11.8 Å². The number of hydrogen-bond acceptors (Lipinski definition) is 3. The Bertz CT molecular complexity index is 471. The van der Waals surface area contributed by atoms with Crippen molar-refractivity contribution in [1.82, 2.24) is 0 Å². The number of fused-ring (bicyclic) bond motifs is 3. The van der Waals surface area contributed by atoms with Gasteiger partial charge in [0.1, 0.15) is 5.60 Å². The molecule has 1 heterocycles. The molecule has 1 fully saturated rings. The van der Waals surface area contributed by atoms with Gasteiger partial charge in [0, 0.05) is 18.2 Å². The van der Waals surface area contributed by atoms with Gasteiger partial charge in [0.2, 0.25) is 0 Å². The fraction of sp³-hybridized carbons (Fsp3) is 0.462. The zero-order valence-corrected chi connectivity index (χ0v) is 10.3. The summed E-state index contributed by atoms with van der Waals surface area (Å²) in [5.74, 6) is 0.121. The molecule has 1 saturated heterocycles. The molecule has 0 saturated carbocycles. The third kappa shape index (κ3) is 1.10. The number of benzene rings is 1. The number of aliphatic hydroxyl groups is 1. The van der Waals surface area contributed by atoms with Crippen molar-refractivity contribution in [2.24, 2.45) is 10.9 Å². The molecule has 1 N–H and O–H groups in total. The normalized spacial score (nSPS) is 38.8. The maximum absolute atomic E-state index is 11.0. The Morgan fingerprint density at radius 3 is 2.94 bits per heavy atom. The Balaban J connectivity index is 2.15. The Morgan fingerprint density at radius 1 is 1.44 bits per heavy atom. The van der Waals surface area contributed by atoms with Gasteiger partial charge in [-0.1, -0.05) is 31.2 Å². The van der Waals surface area contributed by atoms with E-state index < -0.39 is 5.60 Å². The molecule has 3 rings (SSSR count). The minimum absolute atomic E-state index is 0.121. The molecular formula is C13H15NOS. The molecule has 16 heavy (non-hydrogen) atoms. The number of thioether (sulfide) groups is 1. The number of hydrogen-bond donors (Lipinski definition) is 1. The SMILES string of the molecule is CN=C1SC2Cc3ccccc3C2(O)C1C. The van der Waals surface area contributed by atoms with E-state index in [1.807, 2.05) is 19.2 Å². The summed E-state index contributed by atoms with van der Waals surface area (Å²) in [5.41, 5.74) is 1.71. The van der Waals surface area contributed by atoms with Gasteiger partial charge in [-0.2, -0.15) is 0 Å². The summed E-state index contributed by atoms with van der Waals surface area (Å²) >= 11 is 1.74. The topological polar surface area (TPSA) is 32.6 Å². The van der Waals surface area contributed by atoms with E-state index >= 15 is 0 Å². The molecule has 3 atom stereocenters. The largest absolute Gasteiger partial charge is 0.383 e. The van der Waals surface area contributed by atoms with E-state index in [1.165, 1.54) is 5.56 Å². The van der Waals surface area contributed by atoms with E-state index in [2.05, 4.69) is 24.0 Å². The standard InChI is InChI=1S/C13H15NOS/c1-8-12(14-2)16-11-7-9-5-3-4-6-10(9)13(8,11)15/h3-6,8,11,15H,7H2,1-2H3. The molecule has 3 unspecified atom stereocenters. The van der Waals surface area contributed by atoms with Gasteiger partial charge in [-0.25, -0.2) is 0 Å². The molecule has 0 bridgehead atoms. The van der Waals surface area contributed by atoms with Gasteiger partial charge in [0.05, 0.1) is 5.04 Å². The highest BCUT2D eigenvalue weighted by atomic mass is 32.2. The summed E-state index contributed by atoms with van der Waals surface area (Å²) in [6.07, 6.45) is 0.959. The minimum Gasteiger partial charge on any atom is -0.383 e. The minimum atomic E-state index is -0.698.